The molecule has 0 unspecified atom stereocenters. The molecule has 0 bridgehead atoms. The zero-order valence-corrected chi connectivity index (χ0v) is 21.9. The van der Waals surface area contributed by atoms with E-state index in [2.05, 4.69) is 4.99 Å². The Kier molecular flexibility index (Phi) is 7.74. The van der Waals surface area contributed by atoms with Crippen LogP contribution < -0.4 is 24.4 Å². The highest BCUT2D eigenvalue weighted by molar-refractivity contribution is 7.07. The zero-order chi connectivity index (χ0) is 25.8. The first kappa shape index (κ1) is 25.4. The molecule has 1 atom stereocenters. The molecule has 0 fully saturated rings. The summed E-state index contributed by atoms with van der Waals surface area (Å²) in [4.78, 5) is 32.2. The van der Waals surface area contributed by atoms with Gasteiger partial charge < -0.3 is 14.2 Å². The first-order chi connectivity index (χ1) is 17.3. The van der Waals surface area contributed by atoms with Gasteiger partial charge in [-0.2, -0.15) is 0 Å². The predicted octanol–water partition coefficient (Wildman–Crippen LogP) is 3.98. The van der Waals surface area contributed by atoms with E-state index in [0.717, 1.165) is 5.56 Å². The number of esters is 1. The molecule has 0 aliphatic carbocycles. The topological polar surface area (TPSA) is 79.1 Å². The Hall–Kier alpha value is -3.65. The lowest BCUT2D eigenvalue weighted by Gasteiger charge is -2.26. The minimum absolute atomic E-state index is 0.0897. The van der Waals surface area contributed by atoms with E-state index in [1.807, 2.05) is 75.4 Å². The van der Waals surface area contributed by atoms with Crippen LogP contribution in [0.1, 0.15) is 51.8 Å². The van der Waals surface area contributed by atoms with Crippen LogP contribution in [0.4, 0.5) is 0 Å². The second kappa shape index (κ2) is 11.0. The van der Waals surface area contributed by atoms with Crippen molar-refractivity contribution in [3.63, 3.8) is 0 Å². The van der Waals surface area contributed by atoms with E-state index >= 15 is 0 Å². The molecule has 36 heavy (non-hydrogen) atoms. The number of aromatic nitrogens is 1. The van der Waals surface area contributed by atoms with Crippen LogP contribution in [0.5, 0.6) is 11.5 Å². The SMILES string of the molecule is CCOC(=O)C1=C(C)N=c2s/c(=C\c3ccccc3OCC)c(=O)n2[C@H]1c1ccccc1OC(C)C. The van der Waals surface area contributed by atoms with Crippen LogP contribution in [-0.4, -0.2) is 29.9 Å². The number of para-hydroxylation sites is 2. The van der Waals surface area contributed by atoms with Crippen molar-refractivity contribution in [2.45, 2.75) is 46.8 Å². The Balaban J connectivity index is 1.98. The molecule has 0 spiro atoms. The number of carbonyl (C=O) groups excluding carboxylic acids is 1. The Bertz CT molecular complexity index is 1480. The van der Waals surface area contributed by atoms with E-state index in [0.29, 0.717) is 44.3 Å². The van der Waals surface area contributed by atoms with Gasteiger partial charge in [-0.05, 0) is 52.8 Å². The quantitative estimate of drug-likeness (QED) is 0.432. The first-order valence-corrected chi connectivity index (χ1v) is 12.8. The molecule has 0 N–H and O–H groups in total. The largest absolute Gasteiger partial charge is 0.493 e. The molecule has 3 aromatic rings. The summed E-state index contributed by atoms with van der Waals surface area (Å²) in [6, 6.07) is 14.3. The number of rotatable bonds is 8. The summed E-state index contributed by atoms with van der Waals surface area (Å²) < 4.78 is 19.3. The Morgan fingerprint density at radius 1 is 1.08 bits per heavy atom. The summed E-state index contributed by atoms with van der Waals surface area (Å²) in [7, 11) is 0. The molecule has 1 aliphatic rings. The lowest BCUT2D eigenvalue weighted by molar-refractivity contribution is -0.139. The number of nitrogens with zero attached hydrogens (tertiary/aromatic N) is 2. The second-order valence-corrected chi connectivity index (χ2v) is 9.49. The number of thiazole rings is 1. The third-order valence-corrected chi connectivity index (χ3v) is 6.58. The van der Waals surface area contributed by atoms with E-state index in [-0.39, 0.29) is 18.3 Å². The van der Waals surface area contributed by atoms with Gasteiger partial charge >= 0.3 is 5.97 Å². The van der Waals surface area contributed by atoms with Crippen molar-refractivity contribution >= 4 is 23.4 Å². The minimum atomic E-state index is -0.737. The average molecular weight is 507 g/mol. The normalized spacial score (nSPS) is 15.5. The fraction of sp³-hybridized carbons (Fsp3) is 0.321. The first-order valence-electron chi connectivity index (χ1n) is 12.0. The fourth-order valence-electron chi connectivity index (χ4n) is 4.18. The lowest BCUT2D eigenvalue weighted by Crippen LogP contribution is -2.40. The molecule has 7 nitrogen and oxygen atoms in total. The van der Waals surface area contributed by atoms with E-state index in [4.69, 9.17) is 14.2 Å². The highest BCUT2D eigenvalue weighted by Crippen LogP contribution is 2.36. The van der Waals surface area contributed by atoms with Gasteiger partial charge in [0.25, 0.3) is 5.56 Å². The van der Waals surface area contributed by atoms with Crippen LogP contribution in [0.15, 0.2) is 69.6 Å². The summed E-state index contributed by atoms with van der Waals surface area (Å²) in [5.74, 6) is 0.797. The number of carbonyl (C=O) groups is 1. The van der Waals surface area contributed by atoms with Crippen molar-refractivity contribution < 1.29 is 19.0 Å². The van der Waals surface area contributed by atoms with Gasteiger partial charge in [-0.25, -0.2) is 9.79 Å². The van der Waals surface area contributed by atoms with Crippen LogP contribution in [0, 0.1) is 0 Å². The maximum atomic E-state index is 13.9. The summed E-state index contributed by atoms with van der Waals surface area (Å²) in [5.41, 5.74) is 2.09. The third kappa shape index (κ3) is 4.99. The minimum Gasteiger partial charge on any atom is -0.493 e. The van der Waals surface area contributed by atoms with E-state index in [1.165, 1.54) is 11.3 Å². The zero-order valence-electron chi connectivity index (χ0n) is 21.1. The van der Waals surface area contributed by atoms with Gasteiger partial charge in [-0.15, -0.1) is 0 Å². The van der Waals surface area contributed by atoms with Gasteiger partial charge in [-0.3, -0.25) is 9.36 Å². The maximum absolute atomic E-state index is 13.9. The number of allylic oxidation sites excluding steroid dienone is 1. The summed E-state index contributed by atoms with van der Waals surface area (Å²) >= 11 is 1.28. The van der Waals surface area contributed by atoms with E-state index in [9.17, 15) is 9.59 Å². The number of ether oxygens (including phenoxy) is 3. The standard InChI is InChI=1S/C28H30N2O5S/c1-6-33-21-14-10-8-12-19(21)16-23-26(31)30-25(20-13-9-11-15-22(20)35-17(3)4)24(27(32)34-7-2)18(5)29-28(30)36-23/h8-17,25H,6-7H2,1-5H3/b23-16-/t25-/m0/s1. The van der Waals surface area contributed by atoms with Gasteiger partial charge in [0.1, 0.15) is 17.5 Å². The smallest absolute Gasteiger partial charge is 0.338 e. The lowest BCUT2D eigenvalue weighted by atomic mass is 9.95. The van der Waals surface area contributed by atoms with Gasteiger partial charge in [-0.1, -0.05) is 47.7 Å². The van der Waals surface area contributed by atoms with Crippen LogP contribution in [0.2, 0.25) is 0 Å². The molecule has 8 heteroatoms. The van der Waals surface area contributed by atoms with Gasteiger partial charge in [0.2, 0.25) is 0 Å². The van der Waals surface area contributed by atoms with Crippen molar-refractivity contribution in [2.24, 2.45) is 4.99 Å². The van der Waals surface area contributed by atoms with Gasteiger partial charge in [0, 0.05) is 11.1 Å². The summed E-state index contributed by atoms with van der Waals surface area (Å²) in [5, 5.41) is 0. The fourth-order valence-corrected chi connectivity index (χ4v) is 5.22. The molecule has 1 aliphatic heterocycles. The molecule has 2 aromatic carbocycles. The average Bonchev–Trinajstić information content (AvgIpc) is 3.14. The van der Waals surface area contributed by atoms with Gasteiger partial charge in [0.05, 0.1) is 35.1 Å². The molecule has 0 amide bonds. The monoisotopic (exact) mass is 506 g/mol. The van der Waals surface area contributed by atoms with Crippen molar-refractivity contribution in [2.75, 3.05) is 13.2 Å². The molecule has 188 valence electrons. The van der Waals surface area contributed by atoms with Crippen LogP contribution in [-0.2, 0) is 9.53 Å². The molecule has 1 aromatic heterocycles. The summed E-state index contributed by atoms with van der Waals surface area (Å²) in [6.45, 7) is 10.0. The molecule has 0 saturated carbocycles. The van der Waals surface area contributed by atoms with E-state index in [1.54, 1.807) is 18.4 Å². The Morgan fingerprint density at radius 3 is 2.47 bits per heavy atom. The third-order valence-electron chi connectivity index (χ3n) is 5.60. The van der Waals surface area contributed by atoms with E-state index < -0.39 is 12.0 Å². The van der Waals surface area contributed by atoms with Crippen molar-refractivity contribution in [3.05, 3.63) is 90.6 Å². The highest BCUT2D eigenvalue weighted by Gasteiger charge is 2.35. The predicted molar refractivity (Wildman–Crippen MR) is 140 cm³/mol. The Labute approximate surface area is 214 Å². The number of hydrogen-bond donors (Lipinski definition) is 0. The van der Waals surface area contributed by atoms with Crippen molar-refractivity contribution in [1.29, 1.82) is 0 Å². The van der Waals surface area contributed by atoms with Crippen molar-refractivity contribution in [3.8, 4) is 11.5 Å². The summed E-state index contributed by atoms with van der Waals surface area (Å²) in [6.07, 6.45) is 1.72. The molecular formula is C28H30N2O5S. The molecular weight excluding hydrogens is 476 g/mol. The maximum Gasteiger partial charge on any atom is 0.338 e. The Morgan fingerprint density at radius 2 is 1.78 bits per heavy atom. The second-order valence-electron chi connectivity index (χ2n) is 8.48. The van der Waals surface area contributed by atoms with Crippen LogP contribution >= 0.6 is 11.3 Å². The van der Waals surface area contributed by atoms with Crippen LogP contribution in [0.25, 0.3) is 6.08 Å². The number of fused-ring (bicyclic) bond motifs is 1. The highest BCUT2D eigenvalue weighted by atomic mass is 32.1. The molecule has 0 radical (unpaired) electrons. The molecule has 4 rings (SSSR count). The number of benzene rings is 2. The van der Waals surface area contributed by atoms with Crippen LogP contribution in [0.3, 0.4) is 0 Å². The van der Waals surface area contributed by atoms with Crippen molar-refractivity contribution in [1.82, 2.24) is 4.57 Å². The van der Waals surface area contributed by atoms with Gasteiger partial charge in [0.15, 0.2) is 4.80 Å². The molecule has 0 saturated heterocycles. The number of hydrogen-bond acceptors (Lipinski definition) is 7. The molecule has 2 heterocycles.